The molecule has 1 aliphatic heterocycles. The fraction of sp³-hybridized carbons (Fsp3) is 0.556. The molecule has 0 radical (unpaired) electrons. The van der Waals surface area contributed by atoms with Crippen LogP contribution in [0.4, 0.5) is 0 Å². The Morgan fingerprint density at radius 2 is 2.17 bits per heavy atom. The van der Waals surface area contributed by atoms with Crippen molar-refractivity contribution in [1.82, 2.24) is 14.9 Å². The van der Waals surface area contributed by atoms with Crippen LogP contribution in [0, 0.1) is 5.92 Å². The summed E-state index contributed by atoms with van der Waals surface area (Å²) in [6.45, 7) is 5.41. The molecule has 2 aromatic heterocycles. The minimum Gasteiger partial charge on any atom is -0.392 e. The van der Waals surface area contributed by atoms with Gasteiger partial charge in [-0.2, -0.15) is 0 Å². The highest BCUT2D eigenvalue weighted by Gasteiger charge is 2.27. The third kappa shape index (κ3) is 3.39. The van der Waals surface area contributed by atoms with Crippen LogP contribution in [0.3, 0.4) is 0 Å². The summed E-state index contributed by atoms with van der Waals surface area (Å²) in [5, 5.41) is 11.1. The van der Waals surface area contributed by atoms with Gasteiger partial charge in [-0.15, -0.1) is 0 Å². The molecule has 3 heterocycles. The molecule has 0 spiro atoms. The van der Waals surface area contributed by atoms with Gasteiger partial charge < -0.3 is 15.0 Å². The first kappa shape index (κ1) is 16.0. The maximum Gasteiger partial charge on any atom is 0.225 e. The van der Waals surface area contributed by atoms with E-state index in [0.29, 0.717) is 5.92 Å². The lowest BCUT2D eigenvalue weighted by molar-refractivity contribution is -0.134. The lowest BCUT2D eigenvalue weighted by Gasteiger charge is -2.32. The first-order valence-corrected chi connectivity index (χ1v) is 8.44. The largest absolute Gasteiger partial charge is 0.392 e. The Morgan fingerprint density at radius 3 is 2.87 bits per heavy atom. The molecule has 0 aromatic carbocycles. The summed E-state index contributed by atoms with van der Waals surface area (Å²) in [6.07, 6.45) is 5.47. The van der Waals surface area contributed by atoms with Crippen molar-refractivity contribution in [2.75, 3.05) is 13.1 Å². The molecule has 124 valence electrons. The van der Waals surface area contributed by atoms with E-state index in [1.165, 1.54) is 10.9 Å². The van der Waals surface area contributed by atoms with Gasteiger partial charge in [-0.25, -0.2) is 4.98 Å². The molecule has 3 rings (SSSR count). The van der Waals surface area contributed by atoms with Crippen LogP contribution in [-0.4, -0.2) is 45.1 Å². The van der Waals surface area contributed by atoms with Gasteiger partial charge in [-0.3, -0.25) is 4.79 Å². The van der Waals surface area contributed by atoms with Gasteiger partial charge in [0, 0.05) is 30.9 Å². The SMILES string of the molecule is CC(C)C(O)CC(=O)N1CCC(c2c[nH]c3ncccc23)CC1. The van der Waals surface area contributed by atoms with Gasteiger partial charge in [0.1, 0.15) is 5.65 Å². The standard InChI is InChI=1S/C18H25N3O2/c1-12(2)16(22)10-17(23)21-8-5-13(6-9-21)15-11-20-18-14(15)4-3-7-19-18/h3-4,7,11-13,16,22H,5-6,8-10H2,1-2H3,(H,19,20). The predicted octanol–water partition coefficient (Wildman–Crippen LogP) is 2.68. The quantitative estimate of drug-likeness (QED) is 0.911. The van der Waals surface area contributed by atoms with Crippen LogP contribution in [0.5, 0.6) is 0 Å². The fourth-order valence-corrected chi connectivity index (χ4v) is 3.30. The summed E-state index contributed by atoms with van der Waals surface area (Å²) in [5.74, 6) is 0.660. The maximum atomic E-state index is 12.3. The van der Waals surface area contributed by atoms with Crippen LogP contribution in [0.1, 0.15) is 44.6 Å². The van der Waals surface area contributed by atoms with Gasteiger partial charge in [0.25, 0.3) is 0 Å². The number of H-pyrrole nitrogens is 1. The summed E-state index contributed by atoms with van der Waals surface area (Å²) in [6, 6.07) is 4.07. The number of nitrogens with one attached hydrogen (secondary N) is 1. The molecule has 2 aromatic rings. The molecule has 1 unspecified atom stereocenters. The molecule has 0 bridgehead atoms. The summed E-state index contributed by atoms with van der Waals surface area (Å²) in [5.41, 5.74) is 2.24. The van der Waals surface area contributed by atoms with Crippen molar-refractivity contribution in [2.24, 2.45) is 5.92 Å². The summed E-state index contributed by atoms with van der Waals surface area (Å²) >= 11 is 0. The van der Waals surface area contributed by atoms with Crippen LogP contribution in [0.2, 0.25) is 0 Å². The Balaban J connectivity index is 1.61. The van der Waals surface area contributed by atoms with E-state index in [2.05, 4.69) is 22.2 Å². The second-order valence-corrected chi connectivity index (χ2v) is 6.81. The Hall–Kier alpha value is -1.88. The van der Waals surface area contributed by atoms with Crippen molar-refractivity contribution < 1.29 is 9.90 Å². The van der Waals surface area contributed by atoms with Gasteiger partial charge in [-0.05, 0) is 42.4 Å². The van der Waals surface area contributed by atoms with E-state index >= 15 is 0 Å². The molecular weight excluding hydrogens is 290 g/mol. The number of likely N-dealkylation sites (tertiary alicyclic amines) is 1. The number of aromatic amines is 1. The normalized spacial score (nSPS) is 17.8. The highest BCUT2D eigenvalue weighted by atomic mass is 16.3. The lowest BCUT2D eigenvalue weighted by atomic mass is 9.89. The zero-order valence-corrected chi connectivity index (χ0v) is 13.8. The molecule has 1 fully saturated rings. The van der Waals surface area contributed by atoms with Crippen molar-refractivity contribution in [3.63, 3.8) is 0 Å². The Labute approximate surface area is 136 Å². The summed E-state index contributed by atoms with van der Waals surface area (Å²) in [7, 11) is 0. The third-order valence-corrected chi connectivity index (χ3v) is 4.92. The average molecular weight is 315 g/mol. The number of fused-ring (bicyclic) bond motifs is 1. The minimum absolute atomic E-state index is 0.0743. The average Bonchev–Trinajstić information content (AvgIpc) is 2.99. The van der Waals surface area contributed by atoms with E-state index in [1.807, 2.05) is 24.8 Å². The number of aliphatic hydroxyl groups is 1. The Morgan fingerprint density at radius 1 is 1.43 bits per heavy atom. The second kappa shape index (κ2) is 6.71. The van der Waals surface area contributed by atoms with Crippen molar-refractivity contribution in [3.8, 4) is 0 Å². The van der Waals surface area contributed by atoms with Gasteiger partial charge in [0.15, 0.2) is 0 Å². The van der Waals surface area contributed by atoms with Crippen molar-refractivity contribution in [2.45, 2.75) is 45.1 Å². The number of pyridine rings is 1. The molecule has 1 amide bonds. The van der Waals surface area contributed by atoms with Crippen molar-refractivity contribution in [3.05, 3.63) is 30.1 Å². The minimum atomic E-state index is -0.542. The van der Waals surface area contributed by atoms with E-state index in [0.717, 1.165) is 31.6 Å². The highest BCUT2D eigenvalue weighted by molar-refractivity contribution is 5.80. The second-order valence-electron chi connectivity index (χ2n) is 6.81. The molecule has 5 nitrogen and oxygen atoms in total. The van der Waals surface area contributed by atoms with Crippen LogP contribution in [-0.2, 0) is 4.79 Å². The monoisotopic (exact) mass is 315 g/mol. The zero-order chi connectivity index (χ0) is 16.4. The number of rotatable bonds is 4. The predicted molar refractivity (Wildman–Crippen MR) is 90.1 cm³/mol. The third-order valence-electron chi connectivity index (χ3n) is 4.92. The number of hydrogen-bond acceptors (Lipinski definition) is 3. The van der Waals surface area contributed by atoms with Crippen LogP contribution in [0.15, 0.2) is 24.5 Å². The number of amides is 1. The van der Waals surface area contributed by atoms with Gasteiger partial charge in [0.05, 0.1) is 12.5 Å². The molecule has 1 aliphatic rings. The number of aromatic nitrogens is 2. The first-order chi connectivity index (χ1) is 11.1. The number of aliphatic hydroxyl groups excluding tert-OH is 1. The molecular formula is C18H25N3O2. The molecule has 1 saturated heterocycles. The number of piperidine rings is 1. The zero-order valence-electron chi connectivity index (χ0n) is 13.8. The molecule has 2 N–H and O–H groups in total. The number of carbonyl (C=O) groups excluding carboxylic acids is 1. The molecule has 5 heteroatoms. The van der Waals surface area contributed by atoms with E-state index in [9.17, 15) is 9.90 Å². The van der Waals surface area contributed by atoms with E-state index in [1.54, 1.807) is 6.20 Å². The topological polar surface area (TPSA) is 69.2 Å². The van der Waals surface area contributed by atoms with E-state index in [-0.39, 0.29) is 18.2 Å². The van der Waals surface area contributed by atoms with Crippen LogP contribution in [0.25, 0.3) is 11.0 Å². The molecule has 0 saturated carbocycles. The molecule has 23 heavy (non-hydrogen) atoms. The number of nitrogens with zero attached hydrogens (tertiary/aromatic N) is 2. The molecule has 1 atom stereocenters. The van der Waals surface area contributed by atoms with E-state index < -0.39 is 6.10 Å². The first-order valence-electron chi connectivity index (χ1n) is 8.44. The lowest BCUT2D eigenvalue weighted by Crippen LogP contribution is -2.39. The molecule has 0 aliphatic carbocycles. The summed E-state index contributed by atoms with van der Waals surface area (Å²) < 4.78 is 0. The van der Waals surface area contributed by atoms with Gasteiger partial charge >= 0.3 is 0 Å². The van der Waals surface area contributed by atoms with Crippen LogP contribution < -0.4 is 0 Å². The highest BCUT2D eigenvalue weighted by Crippen LogP contribution is 2.32. The number of hydrogen-bond donors (Lipinski definition) is 2. The summed E-state index contributed by atoms with van der Waals surface area (Å²) in [4.78, 5) is 21.7. The van der Waals surface area contributed by atoms with Crippen molar-refractivity contribution in [1.29, 1.82) is 0 Å². The van der Waals surface area contributed by atoms with Gasteiger partial charge in [-0.1, -0.05) is 13.8 Å². The van der Waals surface area contributed by atoms with Crippen molar-refractivity contribution >= 4 is 16.9 Å². The maximum absolute atomic E-state index is 12.3. The van der Waals surface area contributed by atoms with Crippen LogP contribution >= 0.6 is 0 Å². The fourth-order valence-electron chi connectivity index (χ4n) is 3.30. The Kier molecular flexibility index (Phi) is 4.66. The number of carbonyl (C=O) groups is 1. The van der Waals surface area contributed by atoms with E-state index in [4.69, 9.17) is 0 Å². The van der Waals surface area contributed by atoms with Gasteiger partial charge in [0.2, 0.25) is 5.91 Å². The Bertz CT molecular complexity index is 672. The smallest absolute Gasteiger partial charge is 0.225 e.